The van der Waals surface area contributed by atoms with Gasteiger partial charge in [-0.3, -0.25) is 4.68 Å². The highest BCUT2D eigenvalue weighted by Gasteiger charge is 2.33. The number of amides is 2. The number of hydrogen-bond acceptors (Lipinski definition) is 5. The van der Waals surface area contributed by atoms with Crippen molar-refractivity contribution in [3.05, 3.63) is 77.7 Å². The third-order valence-corrected chi connectivity index (χ3v) is 4.89. The van der Waals surface area contributed by atoms with Crippen LogP contribution >= 0.6 is 11.6 Å². The van der Waals surface area contributed by atoms with Crippen LogP contribution in [0.2, 0.25) is 5.02 Å². The molecule has 2 heterocycles. The second-order valence-corrected chi connectivity index (χ2v) is 7.55. The minimum absolute atomic E-state index is 0.0410. The van der Waals surface area contributed by atoms with Crippen LogP contribution in [-0.4, -0.2) is 25.8 Å². The van der Waals surface area contributed by atoms with Crippen molar-refractivity contribution in [2.75, 3.05) is 16.0 Å². The number of carbonyl (C=O) groups is 1. The lowest BCUT2D eigenvalue weighted by Crippen LogP contribution is -2.19. The van der Waals surface area contributed by atoms with Crippen molar-refractivity contribution in [1.29, 1.82) is 0 Å². The van der Waals surface area contributed by atoms with Crippen LogP contribution in [0.4, 0.5) is 40.8 Å². The summed E-state index contributed by atoms with van der Waals surface area (Å²) in [5.41, 5.74) is 0.848. The Morgan fingerprint density at radius 2 is 1.68 bits per heavy atom. The molecule has 0 radical (unpaired) electrons. The molecule has 0 saturated heterocycles. The van der Waals surface area contributed by atoms with Crippen LogP contribution in [0.1, 0.15) is 5.56 Å². The van der Waals surface area contributed by atoms with Crippen LogP contribution in [0.3, 0.4) is 0 Å². The van der Waals surface area contributed by atoms with Crippen molar-refractivity contribution in [2.24, 2.45) is 7.05 Å². The lowest BCUT2D eigenvalue weighted by Gasteiger charge is -2.12. The quantitative estimate of drug-likeness (QED) is 0.324. The molecule has 4 aromatic rings. The van der Waals surface area contributed by atoms with Gasteiger partial charge in [0.1, 0.15) is 5.82 Å². The highest BCUT2D eigenvalue weighted by Crippen LogP contribution is 2.36. The lowest BCUT2D eigenvalue weighted by molar-refractivity contribution is -0.137. The number of aryl methyl sites for hydroxylation is 1. The van der Waals surface area contributed by atoms with Gasteiger partial charge in [0.15, 0.2) is 5.82 Å². The summed E-state index contributed by atoms with van der Waals surface area (Å²) in [6.45, 7) is 0. The van der Waals surface area contributed by atoms with E-state index in [4.69, 9.17) is 11.6 Å². The molecule has 0 bridgehead atoms. The van der Waals surface area contributed by atoms with Crippen LogP contribution in [0.15, 0.2) is 67.1 Å². The van der Waals surface area contributed by atoms with Crippen molar-refractivity contribution < 1.29 is 18.0 Å². The van der Waals surface area contributed by atoms with Gasteiger partial charge in [-0.2, -0.15) is 18.3 Å². The first-order chi connectivity index (χ1) is 16.2. The smallest absolute Gasteiger partial charge is 0.340 e. The molecule has 0 fully saturated rings. The van der Waals surface area contributed by atoms with E-state index in [1.807, 2.05) is 0 Å². The summed E-state index contributed by atoms with van der Waals surface area (Å²) in [6.07, 6.45) is 0.465. The second kappa shape index (κ2) is 9.40. The molecule has 0 atom stereocenters. The van der Waals surface area contributed by atoms with E-state index in [0.717, 1.165) is 17.7 Å². The van der Waals surface area contributed by atoms with Crippen LogP contribution in [0.25, 0.3) is 11.4 Å². The van der Waals surface area contributed by atoms with Crippen molar-refractivity contribution >= 4 is 40.5 Å². The van der Waals surface area contributed by atoms with E-state index < -0.39 is 22.8 Å². The first kappa shape index (κ1) is 23.1. The molecule has 0 spiro atoms. The van der Waals surface area contributed by atoms with Crippen molar-refractivity contribution in [1.82, 2.24) is 19.7 Å². The molecule has 0 aliphatic rings. The molecule has 2 aromatic carbocycles. The van der Waals surface area contributed by atoms with Gasteiger partial charge in [0.05, 0.1) is 22.3 Å². The number of urea groups is 1. The van der Waals surface area contributed by atoms with E-state index in [1.165, 1.54) is 6.07 Å². The number of rotatable bonds is 5. The molecule has 2 aromatic heterocycles. The van der Waals surface area contributed by atoms with Gasteiger partial charge in [0, 0.05) is 36.5 Å². The molecule has 34 heavy (non-hydrogen) atoms. The Morgan fingerprint density at radius 3 is 2.35 bits per heavy atom. The van der Waals surface area contributed by atoms with Crippen molar-refractivity contribution in [3.63, 3.8) is 0 Å². The van der Waals surface area contributed by atoms with E-state index in [1.54, 1.807) is 60.7 Å². The molecule has 12 heteroatoms. The third kappa shape index (κ3) is 5.62. The maximum atomic E-state index is 13.0. The van der Waals surface area contributed by atoms with Crippen LogP contribution in [0, 0.1) is 0 Å². The van der Waals surface area contributed by atoms with Crippen LogP contribution in [0.5, 0.6) is 0 Å². The van der Waals surface area contributed by atoms with E-state index in [-0.39, 0.29) is 5.69 Å². The summed E-state index contributed by atoms with van der Waals surface area (Å²) >= 11 is 5.59. The zero-order chi connectivity index (χ0) is 24.3. The fourth-order valence-electron chi connectivity index (χ4n) is 3.00. The molecule has 0 aliphatic heterocycles. The van der Waals surface area contributed by atoms with Crippen molar-refractivity contribution in [2.45, 2.75) is 6.18 Å². The molecule has 174 valence electrons. The number of aromatic nitrogens is 4. The third-order valence-electron chi connectivity index (χ3n) is 4.56. The number of benzene rings is 2. The van der Waals surface area contributed by atoms with Gasteiger partial charge in [0.25, 0.3) is 0 Å². The summed E-state index contributed by atoms with van der Waals surface area (Å²) in [5.74, 6) is 1.08. The second-order valence-electron chi connectivity index (χ2n) is 7.14. The molecular weight excluding hydrogens is 471 g/mol. The van der Waals surface area contributed by atoms with Crippen molar-refractivity contribution in [3.8, 4) is 11.4 Å². The molecule has 8 nitrogen and oxygen atoms in total. The minimum Gasteiger partial charge on any atom is -0.340 e. The monoisotopic (exact) mass is 487 g/mol. The Labute approximate surface area is 196 Å². The van der Waals surface area contributed by atoms with Gasteiger partial charge in [-0.25, -0.2) is 14.8 Å². The van der Waals surface area contributed by atoms with Gasteiger partial charge in [-0.05, 0) is 48.5 Å². The molecule has 0 aliphatic carbocycles. The average Bonchev–Trinajstić information content (AvgIpc) is 3.22. The Kier molecular flexibility index (Phi) is 6.37. The van der Waals surface area contributed by atoms with E-state index in [0.29, 0.717) is 23.0 Å². The number of nitrogens with zero attached hydrogens (tertiary/aromatic N) is 4. The number of hydrogen-bond donors (Lipinski definition) is 3. The highest BCUT2D eigenvalue weighted by atomic mass is 35.5. The van der Waals surface area contributed by atoms with E-state index >= 15 is 0 Å². The number of halogens is 4. The molecule has 0 unspecified atom stereocenters. The fraction of sp³-hybridized carbons (Fsp3) is 0.0909. The lowest BCUT2D eigenvalue weighted by atomic mass is 10.2. The fourth-order valence-corrected chi connectivity index (χ4v) is 3.23. The molecule has 0 saturated carbocycles. The Balaban J connectivity index is 1.38. The predicted octanol–water partition coefficient (Wildman–Crippen LogP) is 5.94. The van der Waals surface area contributed by atoms with Gasteiger partial charge >= 0.3 is 12.2 Å². The molecule has 3 N–H and O–H groups in total. The average molecular weight is 488 g/mol. The van der Waals surface area contributed by atoms with Gasteiger partial charge in [0.2, 0.25) is 0 Å². The summed E-state index contributed by atoms with van der Waals surface area (Å²) in [7, 11) is 1.80. The van der Waals surface area contributed by atoms with Crippen LogP contribution in [-0.2, 0) is 13.2 Å². The summed E-state index contributed by atoms with van der Waals surface area (Å²) in [4.78, 5) is 20.9. The maximum Gasteiger partial charge on any atom is 0.417 e. The number of nitrogens with one attached hydrogen (secondary N) is 3. The first-order valence-corrected chi connectivity index (χ1v) is 10.2. The topological polar surface area (TPSA) is 96.8 Å². The van der Waals surface area contributed by atoms with Gasteiger partial charge in [-0.1, -0.05) is 11.6 Å². The summed E-state index contributed by atoms with van der Waals surface area (Å²) < 4.78 is 40.6. The number of alkyl halides is 3. The van der Waals surface area contributed by atoms with Crippen LogP contribution < -0.4 is 16.0 Å². The maximum absolute atomic E-state index is 13.0. The standard InChI is InChI=1S/C22H17ClF3N7O/c1-33-12-13(11-28-33)20-27-9-8-19(32-20)29-14-2-4-15(5-3-14)30-21(34)31-16-6-7-18(23)17(10-16)22(24,25)26/h2-12H,1H3,(H,27,29,32)(H2,30,31,34). The normalized spacial score (nSPS) is 11.2. The van der Waals surface area contributed by atoms with E-state index in [2.05, 4.69) is 31.0 Å². The first-order valence-electron chi connectivity index (χ1n) is 9.81. The molecule has 2 amide bonds. The highest BCUT2D eigenvalue weighted by molar-refractivity contribution is 6.31. The van der Waals surface area contributed by atoms with Gasteiger partial charge < -0.3 is 16.0 Å². The number of carbonyl (C=O) groups excluding carboxylic acids is 1. The summed E-state index contributed by atoms with van der Waals surface area (Å²) in [5, 5.41) is 11.7. The summed E-state index contributed by atoms with van der Waals surface area (Å²) in [6, 6.07) is 10.8. The molecular formula is C22H17ClF3N7O. The van der Waals surface area contributed by atoms with Gasteiger partial charge in [-0.15, -0.1) is 0 Å². The minimum atomic E-state index is -4.63. The zero-order valence-corrected chi connectivity index (χ0v) is 18.3. The SMILES string of the molecule is Cn1cc(-c2nccc(Nc3ccc(NC(=O)Nc4ccc(Cl)c(C(F)(F)F)c4)cc3)n2)cn1. The predicted molar refractivity (Wildman–Crippen MR) is 123 cm³/mol. The number of anilines is 4. The zero-order valence-electron chi connectivity index (χ0n) is 17.6. The largest absolute Gasteiger partial charge is 0.417 e. The van der Waals surface area contributed by atoms with E-state index in [9.17, 15) is 18.0 Å². The Bertz CT molecular complexity index is 1320. The Hall–Kier alpha value is -4.12. The molecule has 4 rings (SSSR count). The Morgan fingerprint density at radius 1 is 1.00 bits per heavy atom.